The van der Waals surface area contributed by atoms with E-state index in [1.807, 2.05) is 12.3 Å². The molecule has 0 saturated carbocycles. The smallest absolute Gasteiger partial charge is 0.329 e. The highest BCUT2D eigenvalue weighted by Gasteiger charge is 2.30. The molecule has 1 fully saturated rings. The summed E-state index contributed by atoms with van der Waals surface area (Å²) in [6, 6.07) is -0.361. The summed E-state index contributed by atoms with van der Waals surface area (Å²) in [4.78, 5) is 18.6. The number of hydrogen-bond donors (Lipinski definition) is 1. The van der Waals surface area contributed by atoms with Crippen LogP contribution in [0.2, 0.25) is 0 Å². The molecule has 0 radical (unpaired) electrons. The van der Waals surface area contributed by atoms with Crippen LogP contribution in [-0.4, -0.2) is 49.1 Å². The molecule has 1 N–H and O–H groups in total. The van der Waals surface area contributed by atoms with Gasteiger partial charge in [-0.25, -0.2) is 9.78 Å². The maximum atomic E-state index is 12.0. The predicted molar refractivity (Wildman–Crippen MR) is 70.7 cm³/mol. The summed E-state index contributed by atoms with van der Waals surface area (Å²) in [7, 11) is 1.44. The van der Waals surface area contributed by atoms with Gasteiger partial charge in [-0.2, -0.15) is 0 Å². The Kier molecular flexibility index (Phi) is 4.68. The van der Waals surface area contributed by atoms with Gasteiger partial charge in [-0.1, -0.05) is 0 Å². The van der Waals surface area contributed by atoms with Gasteiger partial charge in [0.05, 0.1) is 17.8 Å². The number of aromatic nitrogens is 1. The minimum Gasteiger partial charge on any atom is -0.468 e. The van der Waals surface area contributed by atoms with Crippen molar-refractivity contribution in [3.8, 4) is 0 Å². The number of methoxy groups -OCH3 is 1. The number of thiazole rings is 1. The highest BCUT2D eigenvalue weighted by molar-refractivity contribution is 7.09. The van der Waals surface area contributed by atoms with Crippen molar-refractivity contribution in [2.45, 2.75) is 19.4 Å². The number of hydrogen-bond acceptors (Lipinski definition) is 6. The predicted octanol–water partition coefficient (Wildman–Crippen LogP) is 0.961. The Labute approximate surface area is 111 Å². The molecular formula is C12H19N3O2S. The highest BCUT2D eigenvalue weighted by Crippen LogP contribution is 2.24. The van der Waals surface area contributed by atoms with E-state index in [2.05, 4.69) is 15.2 Å². The molecule has 1 aromatic heterocycles. The molecule has 1 aliphatic heterocycles. The molecule has 2 heterocycles. The van der Waals surface area contributed by atoms with Gasteiger partial charge in [0.25, 0.3) is 0 Å². The second-order valence-electron chi connectivity index (χ2n) is 4.36. The molecule has 0 spiro atoms. The van der Waals surface area contributed by atoms with Crippen molar-refractivity contribution in [1.29, 1.82) is 0 Å². The van der Waals surface area contributed by atoms with Gasteiger partial charge in [0.1, 0.15) is 0 Å². The molecule has 2 rings (SSSR count). The van der Waals surface area contributed by atoms with E-state index in [1.165, 1.54) is 7.11 Å². The van der Waals surface area contributed by atoms with Crippen LogP contribution < -0.4 is 5.32 Å². The molecular weight excluding hydrogens is 250 g/mol. The molecule has 18 heavy (non-hydrogen) atoms. The standard InChI is InChI=1S/C12H19N3O2S/c1-9-14-10(8-18-9)11(12(16)17-2)15-6-3-4-13-5-7-15/h8,11,13H,3-7H2,1-2H3. The van der Waals surface area contributed by atoms with Crippen LogP contribution in [0, 0.1) is 6.92 Å². The minimum absolute atomic E-state index is 0.220. The molecule has 0 amide bonds. The molecule has 5 nitrogen and oxygen atoms in total. The number of nitrogens with one attached hydrogen (secondary N) is 1. The lowest BCUT2D eigenvalue weighted by Gasteiger charge is -2.26. The van der Waals surface area contributed by atoms with E-state index in [1.54, 1.807) is 11.3 Å². The van der Waals surface area contributed by atoms with Crippen molar-refractivity contribution in [2.75, 3.05) is 33.3 Å². The number of carbonyl (C=O) groups is 1. The first-order valence-corrected chi connectivity index (χ1v) is 7.05. The van der Waals surface area contributed by atoms with Crippen molar-refractivity contribution >= 4 is 17.3 Å². The van der Waals surface area contributed by atoms with Crippen LogP contribution in [0.15, 0.2) is 5.38 Å². The zero-order valence-electron chi connectivity index (χ0n) is 10.8. The third-order valence-corrected chi connectivity index (χ3v) is 3.87. The van der Waals surface area contributed by atoms with Gasteiger partial charge < -0.3 is 10.1 Å². The monoisotopic (exact) mass is 269 g/mol. The lowest BCUT2D eigenvalue weighted by atomic mass is 10.2. The zero-order valence-corrected chi connectivity index (χ0v) is 11.6. The van der Waals surface area contributed by atoms with Crippen LogP contribution in [0.4, 0.5) is 0 Å². The molecule has 0 aromatic carbocycles. The minimum atomic E-state index is -0.361. The van der Waals surface area contributed by atoms with Gasteiger partial charge in [0, 0.05) is 25.0 Å². The maximum absolute atomic E-state index is 12.0. The van der Waals surface area contributed by atoms with Crippen molar-refractivity contribution in [3.63, 3.8) is 0 Å². The lowest BCUT2D eigenvalue weighted by Crippen LogP contribution is -2.37. The van der Waals surface area contributed by atoms with E-state index in [-0.39, 0.29) is 12.0 Å². The number of aryl methyl sites for hydroxylation is 1. The highest BCUT2D eigenvalue weighted by atomic mass is 32.1. The van der Waals surface area contributed by atoms with E-state index in [4.69, 9.17) is 4.74 Å². The van der Waals surface area contributed by atoms with Crippen LogP contribution in [0.25, 0.3) is 0 Å². The molecule has 0 bridgehead atoms. The number of carbonyl (C=O) groups excluding carboxylic acids is 1. The summed E-state index contributed by atoms with van der Waals surface area (Å²) in [6.07, 6.45) is 1.04. The van der Waals surface area contributed by atoms with Crippen molar-refractivity contribution in [3.05, 3.63) is 16.1 Å². The molecule has 1 unspecified atom stereocenters. The first-order chi connectivity index (χ1) is 8.72. The Morgan fingerprint density at radius 3 is 3.06 bits per heavy atom. The summed E-state index contributed by atoms with van der Waals surface area (Å²) in [5.41, 5.74) is 0.811. The van der Waals surface area contributed by atoms with E-state index < -0.39 is 0 Å². The summed E-state index contributed by atoms with van der Waals surface area (Å²) >= 11 is 1.57. The maximum Gasteiger partial charge on any atom is 0.329 e. The molecule has 100 valence electrons. The van der Waals surface area contributed by atoms with Crippen molar-refractivity contribution in [1.82, 2.24) is 15.2 Å². The Hall–Kier alpha value is -0.980. The quantitative estimate of drug-likeness (QED) is 0.828. The van der Waals surface area contributed by atoms with Crippen molar-refractivity contribution < 1.29 is 9.53 Å². The fraction of sp³-hybridized carbons (Fsp3) is 0.667. The van der Waals surface area contributed by atoms with Crippen molar-refractivity contribution in [2.24, 2.45) is 0 Å². The molecule has 1 saturated heterocycles. The first-order valence-electron chi connectivity index (χ1n) is 6.17. The van der Waals surface area contributed by atoms with Crippen LogP contribution in [0.3, 0.4) is 0 Å². The lowest BCUT2D eigenvalue weighted by molar-refractivity contribution is -0.147. The Morgan fingerprint density at radius 1 is 1.56 bits per heavy atom. The normalized spacial score (nSPS) is 19.2. The zero-order chi connectivity index (χ0) is 13.0. The van der Waals surface area contributed by atoms with E-state index in [9.17, 15) is 4.79 Å². The van der Waals surface area contributed by atoms with Gasteiger partial charge in [0.15, 0.2) is 6.04 Å². The van der Waals surface area contributed by atoms with Crippen LogP contribution in [0.1, 0.15) is 23.2 Å². The number of nitrogens with zero attached hydrogens (tertiary/aromatic N) is 2. The van der Waals surface area contributed by atoms with Crippen LogP contribution in [0.5, 0.6) is 0 Å². The average Bonchev–Trinajstić information content (AvgIpc) is 2.64. The fourth-order valence-corrected chi connectivity index (χ4v) is 2.83. The summed E-state index contributed by atoms with van der Waals surface area (Å²) < 4.78 is 4.93. The number of ether oxygens (including phenoxy) is 1. The summed E-state index contributed by atoms with van der Waals surface area (Å²) in [5.74, 6) is -0.220. The molecule has 1 aromatic rings. The van der Waals surface area contributed by atoms with Gasteiger partial charge >= 0.3 is 5.97 Å². The van der Waals surface area contributed by atoms with E-state index in [0.717, 1.165) is 43.3 Å². The van der Waals surface area contributed by atoms with Crippen LogP contribution >= 0.6 is 11.3 Å². The Morgan fingerprint density at radius 2 is 2.39 bits per heavy atom. The molecule has 1 aliphatic rings. The molecule has 1 atom stereocenters. The SMILES string of the molecule is COC(=O)C(c1csc(C)n1)N1CCCNCC1. The van der Waals surface area contributed by atoms with Gasteiger partial charge in [0.2, 0.25) is 0 Å². The van der Waals surface area contributed by atoms with E-state index in [0.29, 0.717) is 0 Å². The first kappa shape index (κ1) is 13.5. The molecule has 0 aliphatic carbocycles. The van der Waals surface area contributed by atoms with Crippen LogP contribution in [-0.2, 0) is 9.53 Å². The second kappa shape index (κ2) is 6.26. The summed E-state index contributed by atoms with van der Waals surface area (Å²) in [5, 5.41) is 6.27. The Balaban J connectivity index is 2.21. The fourth-order valence-electron chi connectivity index (χ4n) is 2.20. The third kappa shape index (κ3) is 3.07. The molecule has 6 heteroatoms. The average molecular weight is 269 g/mol. The van der Waals surface area contributed by atoms with Gasteiger partial charge in [-0.3, -0.25) is 4.90 Å². The second-order valence-corrected chi connectivity index (χ2v) is 5.42. The number of esters is 1. The third-order valence-electron chi connectivity index (χ3n) is 3.08. The largest absolute Gasteiger partial charge is 0.468 e. The van der Waals surface area contributed by atoms with Gasteiger partial charge in [-0.15, -0.1) is 11.3 Å². The van der Waals surface area contributed by atoms with Gasteiger partial charge in [-0.05, 0) is 19.9 Å². The summed E-state index contributed by atoms with van der Waals surface area (Å²) in [6.45, 7) is 5.59. The van der Waals surface area contributed by atoms with E-state index >= 15 is 0 Å². The Bertz CT molecular complexity index is 400. The number of rotatable bonds is 3. The topological polar surface area (TPSA) is 54.5 Å².